The molecule has 0 saturated carbocycles. The van der Waals surface area contributed by atoms with E-state index in [9.17, 15) is 14.7 Å². The van der Waals surface area contributed by atoms with Crippen molar-refractivity contribution in [2.24, 2.45) is 0 Å². The van der Waals surface area contributed by atoms with Crippen LogP contribution in [0.4, 0.5) is 16.2 Å². The van der Waals surface area contributed by atoms with Crippen molar-refractivity contribution in [2.75, 3.05) is 17.2 Å². The Hall–Kier alpha value is -2.50. The van der Waals surface area contributed by atoms with Crippen LogP contribution in [0.5, 0.6) is 5.75 Å². The van der Waals surface area contributed by atoms with E-state index < -0.39 is 6.09 Å². The highest BCUT2D eigenvalue weighted by Gasteiger charge is 2.09. The fourth-order valence-corrected chi connectivity index (χ4v) is 1.23. The van der Waals surface area contributed by atoms with Gasteiger partial charge in [-0.3, -0.25) is 10.1 Å². The van der Waals surface area contributed by atoms with Crippen LogP contribution in [0.15, 0.2) is 30.4 Å². The van der Waals surface area contributed by atoms with Gasteiger partial charge in [-0.2, -0.15) is 0 Å². The van der Waals surface area contributed by atoms with Crippen molar-refractivity contribution in [1.29, 1.82) is 0 Å². The van der Waals surface area contributed by atoms with Crippen molar-refractivity contribution in [2.45, 2.75) is 13.8 Å². The third-order valence-corrected chi connectivity index (χ3v) is 2.16. The van der Waals surface area contributed by atoms with E-state index in [1.165, 1.54) is 12.1 Å². The second-order valence-electron chi connectivity index (χ2n) is 3.81. The molecule has 0 heterocycles. The number of phenols is 1. The highest BCUT2D eigenvalue weighted by Crippen LogP contribution is 2.27. The van der Waals surface area contributed by atoms with E-state index in [0.29, 0.717) is 11.3 Å². The van der Waals surface area contributed by atoms with Crippen molar-refractivity contribution < 1.29 is 19.4 Å². The van der Waals surface area contributed by atoms with Gasteiger partial charge in [-0.1, -0.05) is 6.58 Å². The Kier molecular flexibility index (Phi) is 4.93. The van der Waals surface area contributed by atoms with Gasteiger partial charge in [0.1, 0.15) is 5.75 Å². The summed E-state index contributed by atoms with van der Waals surface area (Å²) in [5.74, 6) is -0.516. The number of amides is 2. The monoisotopic (exact) mass is 264 g/mol. The SMILES string of the molecule is C=C(C)C(=O)Nc1ccc(NC(=O)OCC)c(O)c1. The first-order valence-electron chi connectivity index (χ1n) is 5.67. The van der Waals surface area contributed by atoms with E-state index in [0.717, 1.165) is 0 Å². The summed E-state index contributed by atoms with van der Waals surface area (Å²) in [5.41, 5.74) is 0.958. The zero-order valence-corrected chi connectivity index (χ0v) is 10.8. The lowest BCUT2D eigenvalue weighted by molar-refractivity contribution is -0.112. The first-order valence-corrected chi connectivity index (χ1v) is 5.67. The van der Waals surface area contributed by atoms with Crippen LogP contribution in [0.1, 0.15) is 13.8 Å². The molecule has 0 spiro atoms. The van der Waals surface area contributed by atoms with E-state index in [1.54, 1.807) is 19.9 Å². The number of rotatable bonds is 4. The minimum Gasteiger partial charge on any atom is -0.506 e. The van der Waals surface area contributed by atoms with Gasteiger partial charge in [0.05, 0.1) is 12.3 Å². The molecule has 3 N–H and O–H groups in total. The highest BCUT2D eigenvalue weighted by atomic mass is 16.5. The van der Waals surface area contributed by atoms with Crippen LogP contribution in [0.3, 0.4) is 0 Å². The number of anilines is 2. The molecule has 0 radical (unpaired) electrons. The molecule has 0 aliphatic carbocycles. The zero-order valence-electron chi connectivity index (χ0n) is 10.8. The number of phenolic OH excluding ortho intramolecular Hbond substituents is 1. The third kappa shape index (κ3) is 4.34. The molecule has 1 rings (SSSR count). The largest absolute Gasteiger partial charge is 0.506 e. The van der Waals surface area contributed by atoms with Crippen molar-refractivity contribution in [3.05, 3.63) is 30.4 Å². The van der Waals surface area contributed by atoms with Crippen LogP contribution < -0.4 is 10.6 Å². The number of nitrogens with one attached hydrogen (secondary N) is 2. The molecule has 0 saturated heterocycles. The lowest BCUT2D eigenvalue weighted by atomic mass is 10.2. The Morgan fingerprint density at radius 2 is 2.05 bits per heavy atom. The Morgan fingerprint density at radius 1 is 1.37 bits per heavy atom. The summed E-state index contributed by atoms with van der Waals surface area (Å²) in [6.07, 6.45) is -0.656. The minimum atomic E-state index is -0.656. The number of carbonyl (C=O) groups is 2. The summed E-state index contributed by atoms with van der Waals surface area (Å²) < 4.78 is 4.68. The number of hydrogen-bond acceptors (Lipinski definition) is 4. The summed E-state index contributed by atoms with van der Waals surface area (Å²) in [6.45, 7) is 6.99. The molecule has 0 fully saturated rings. The van der Waals surface area contributed by atoms with Gasteiger partial charge in [0, 0.05) is 17.3 Å². The predicted octanol–water partition coefficient (Wildman–Crippen LogP) is 2.48. The van der Waals surface area contributed by atoms with Gasteiger partial charge in [-0.15, -0.1) is 0 Å². The molecule has 102 valence electrons. The van der Waals surface area contributed by atoms with Gasteiger partial charge in [0.25, 0.3) is 5.91 Å². The fourth-order valence-electron chi connectivity index (χ4n) is 1.23. The summed E-state index contributed by atoms with van der Waals surface area (Å²) >= 11 is 0. The van der Waals surface area contributed by atoms with Crippen molar-refractivity contribution >= 4 is 23.4 Å². The second-order valence-corrected chi connectivity index (χ2v) is 3.81. The Bertz CT molecular complexity index is 511. The van der Waals surface area contributed by atoms with Crippen molar-refractivity contribution in [3.63, 3.8) is 0 Å². The first kappa shape index (κ1) is 14.6. The average Bonchev–Trinajstić information content (AvgIpc) is 2.32. The molecule has 2 amide bonds. The number of ether oxygens (including phenoxy) is 1. The Labute approximate surface area is 111 Å². The summed E-state index contributed by atoms with van der Waals surface area (Å²) in [7, 11) is 0. The predicted molar refractivity (Wildman–Crippen MR) is 72.2 cm³/mol. The molecular formula is C13H16N2O4. The van der Waals surface area contributed by atoms with Crippen LogP contribution in [0.25, 0.3) is 0 Å². The molecule has 0 aromatic heterocycles. The lowest BCUT2D eigenvalue weighted by Crippen LogP contribution is -2.14. The topological polar surface area (TPSA) is 87.7 Å². The molecule has 0 unspecified atom stereocenters. The average molecular weight is 264 g/mol. The molecule has 0 bridgehead atoms. The van der Waals surface area contributed by atoms with E-state index in [4.69, 9.17) is 0 Å². The summed E-state index contributed by atoms with van der Waals surface area (Å²) in [4.78, 5) is 22.6. The maximum atomic E-state index is 11.4. The van der Waals surface area contributed by atoms with Gasteiger partial charge in [-0.25, -0.2) is 4.79 Å². The van der Waals surface area contributed by atoms with Crippen LogP contribution in [0.2, 0.25) is 0 Å². The van der Waals surface area contributed by atoms with Gasteiger partial charge in [0.2, 0.25) is 0 Å². The Balaban J connectivity index is 2.77. The molecule has 0 aliphatic heterocycles. The molecule has 0 atom stereocenters. The van der Waals surface area contributed by atoms with E-state index >= 15 is 0 Å². The van der Waals surface area contributed by atoms with E-state index in [2.05, 4.69) is 21.9 Å². The third-order valence-electron chi connectivity index (χ3n) is 2.16. The van der Waals surface area contributed by atoms with Crippen LogP contribution in [-0.2, 0) is 9.53 Å². The molecule has 19 heavy (non-hydrogen) atoms. The van der Waals surface area contributed by atoms with E-state index in [-0.39, 0.29) is 24.0 Å². The van der Waals surface area contributed by atoms with Gasteiger partial charge in [0.15, 0.2) is 0 Å². The summed E-state index contributed by atoms with van der Waals surface area (Å²) in [6, 6.07) is 4.32. The molecule has 0 aliphatic rings. The molecule has 1 aromatic carbocycles. The smallest absolute Gasteiger partial charge is 0.411 e. The van der Waals surface area contributed by atoms with Crippen molar-refractivity contribution in [3.8, 4) is 5.75 Å². The quantitative estimate of drug-likeness (QED) is 0.576. The van der Waals surface area contributed by atoms with Gasteiger partial charge in [-0.05, 0) is 26.0 Å². The molecule has 1 aromatic rings. The van der Waals surface area contributed by atoms with Crippen LogP contribution in [-0.4, -0.2) is 23.7 Å². The van der Waals surface area contributed by atoms with Crippen LogP contribution in [0, 0.1) is 0 Å². The zero-order chi connectivity index (χ0) is 14.4. The first-order chi connectivity index (χ1) is 8.93. The maximum absolute atomic E-state index is 11.4. The summed E-state index contributed by atoms with van der Waals surface area (Å²) in [5, 5.41) is 14.6. The highest BCUT2D eigenvalue weighted by molar-refractivity contribution is 6.03. The lowest BCUT2D eigenvalue weighted by Gasteiger charge is -2.09. The number of carbonyl (C=O) groups excluding carboxylic acids is 2. The van der Waals surface area contributed by atoms with Gasteiger partial charge >= 0.3 is 6.09 Å². The molecule has 6 heteroatoms. The standard InChI is InChI=1S/C13H16N2O4/c1-4-19-13(18)15-10-6-5-9(7-11(10)16)14-12(17)8(2)3/h5-7,16H,2,4H2,1,3H3,(H,14,17)(H,15,18). The minimum absolute atomic E-state index is 0.174. The van der Waals surface area contributed by atoms with Crippen molar-refractivity contribution in [1.82, 2.24) is 0 Å². The number of benzene rings is 1. The Morgan fingerprint density at radius 3 is 2.58 bits per heavy atom. The number of hydrogen-bond donors (Lipinski definition) is 3. The van der Waals surface area contributed by atoms with Gasteiger partial charge < -0.3 is 15.2 Å². The fraction of sp³-hybridized carbons (Fsp3) is 0.231. The number of aromatic hydroxyl groups is 1. The second kappa shape index (κ2) is 6.44. The normalized spacial score (nSPS) is 9.58. The maximum Gasteiger partial charge on any atom is 0.411 e. The molecular weight excluding hydrogens is 248 g/mol. The molecule has 6 nitrogen and oxygen atoms in total. The van der Waals surface area contributed by atoms with E-state index in [1.807, 2.05) is 0 Å². The van der Waals surface area contributed by atoms with Crippen LogP contribution >= 0.6 is 0 Å².